The molecule has 8 unspecified atom stereocenters. The second kappa shape index (κ2) is 1.62. The van der Waals surface area contributed by atoms with Crippen LogP contribution in [0.4, 0.5) is 0 Å². The molecule has 0 heterocycles. The molecule has 0 N–H and O–H groups in total. The van der Waals surface area contributed by atoms with Gasteiger partial charge in [-0.25, -0.2) is 0 Å². The Morgan fingerprint density at radius 1 is 0.857 bits per heavy atom. The standard InChI is InChI=1S/C14H20/c1-13-6-9(8-5-11(8)13)12-4-7-3-10(7)14(12,13)2/h7-12H,3-6H2,1-2H3. The van der Waals surface area contributed by atoms with E-state index >= 15 is 0 Å². The molecule has 0 amide bonds. The molecule has 2 bridgehead atoms. The van der Waals surface area contributed by atoms with Gasteiger partial charge in [-0.05, 0) is 72.0 Å². The van der Waals surface area contributed by atoms with Gasteiger partial charge in [0.05, 0.1) is 0 Å². The number of hydrogen-bond donors (Lipinski definition) is 0. The maximum absolute atomic E-state index is 2.68. The molecular weight excluding hydrogens is 168 g/mol. The summed E-state index contributed by atoms with van der Waals surface area (Å²) >= 11 is 0. The minimum Gasteiger partial charge on any atom is -0.0588 e. The van der Waals surface area contributed by atoms with E-state index < -0.39 is 0 Å². The van der Waals surface area contributed by atoms with Gasteiger partial charge >= 0.3 is 0 Å². The second-order valence-electron chi connectivity index (χ2n) is 7.52. The first kappa shape index (κ1) is 7.30. The van der Waals surface area contributed by atoms with E-state index in [4.69, 9.17) is 0 Å². The normalized spacial score (nSPS) is 81.0. The maximum Gasteiger partial charge on any atom is -0.0207 e. The highest BCUT2D eigenvalue weighted by Crippen LogP contribution is 2.87. The lowest BCUT2D eigenvalue weighted by atomic mass is 9.59. The molecule has 8 atom stereocenters. The number of fused-ring (bicyclic) bond motifs is 10. The minimum absolute atomic E-state index is 0.795. The van der Waals surface area contributed by atoms with Gasteiger partial charge in [0.15, 0.2) is 0 Å². The fraction of sp³-hybridized carbons (Fsp3) is 1.00. The number of hydrogen-bond acceptors (Lipinski definition) is 0. The molecule has 5 aliphatic rings. The Morgan fingerprint density at radius 2 is 1.64 bits per heavy atom. The van der Waals surface area contributed by atoms with Crippen LogP contribution in [-0.4, -0.2) is 0 Å². The van der Waals surface area contributed by atoms with Crippen molar-refractivity contribution in [2.75, 3.05) is 0 Å². The molecule has 76 valence electrons. The van der Waals surface area contributed by atoms with Crippen molar-refractivity contribution in [1.82, 2.24) is 0 Å². The summed E-state index contributed by atoms with van der Waals surface area (Å²) in [5, 5.41) is 0. The lowest BCUT2D eigenvalue weighted by Gasteiger charge is -2.45. The van der Waals surface area contributed by atoms with E-state index in [0.29, 0.717) is 0 Å². The Morgan fingerprint density at radius 3 is 2.50 bits per heavy atom. The van der Waals surface area contributed by atoms with Crippen LogP contribution in [0.15, 0.2) is 0 Å². The minimum atomic E-state index is 0.795. The summed E-state index contributed by atoms with van der Waals surface area (Å²) in [7, 11) is 0. The van der Waals surface area contributed by atoms with Gasteiger partial charge in [-0.3, -0.25) is 0 Å². The Labute approximate surface area is 86.5 Å². The maximum atomic E-state index is 2.68. The lowest BCUT2D eigenvalue weighted by Crippen LogP contribution is -2.40. The first-order valence-corrected chi connectivity index (χ1v) is 6.66. The van der Waals surface area contributed by atoms with Gasteiger partial charge in [0, 0.05) is 0 Å². The highest BCUT2D eigenvalue weighted by Gasteiger charge is 2.81. The zero-order valence-corrected chi connectivity index (χ0v) is 9.29. The lowest BCUT2D eigenvalue weighted by molar-refractivity contribution is 0.0191. The zero-order valence-electron chi connectivity index (χ0n) is 9.29. The molecule has 0 spiro atoms. The van der Waals surface area contributed by atoms with Gasteiger partial charge in [-0.15, -0.1) is 0 Å². The first-order chi connectivity index (χ1) is 6.66. The monoisotopic (exact) mass is 188 g/mol. The molecule has 0 radical (unpaired) electrons. The van der Waals surface area contributed by atoms with Crippen LogP contribution in [0.1, 0.15) is 39.5 Å². The summed E-state index contributed by atoms with van der Waals surface area (Å²) in [6.07, 6.45) is 6.47. The average molecular weight is 188 g/mol. The van der Waals surface area contributed by atoms with Crippen LogP contribution in [0.5, 0.6) is 0 Å². The van der Waals surface area contributed by atoms with E-state index in [9.17, 15) is 0 Å². The molecule has 5 aliphatic carbocycles. The van der Waals surface area contributed by atoms with Crippen LogP contribution >= 0.6 is 0 Å². The SMILES string of the molecule is CC12CC(C3CC31)C1CC3CC3C12C. The molecule has 0 nitrogen and oxygen atoms in total. The van der Waals surface area contributed by atoms with E-state index in [1.54, 1.807) is 25.7 Å². The first-order valence-electron chi connectivity index (χ1n) is 6.66. The molecule has 5 fully saturated rings. The summed E-state index contributed by atoms with van der Waals surface area (Å²) < 4.78 is 0. The predicted octanol–water partition coefficient (Wildman–Crippen LogP) is 3.32. The summed E-state index contributed by atoms with van der Waals surface area (Å²) in [4.78, 5) is 0. The van der Waals surface area contributed by atoms with E-state index in [1.165, 1.54) is 35.5 Å². The van der Waals surface area contributed by atoms with Crippen molar-refractivity contribution in [2.24, 2.45) is 46.3 Å². The van der Waals surface area contributed by atoms with Gasteiger partial charge in [-0.1, -0.05) is 13.8 Å². The smallest absolute Gasteiger partial charge is 0.0207 e. The average Bonchev–Trinajstić information content (AvgIpc) is 3.02. The molecular formula is C14H20. The largest absolute Gasteiger partial charge is 0.0588 e. The summed E-state index contributed by atoms with van der Waals surface area (Å²) in [6.45, 7) is 5.35. The molecule has 0 aromatic carbocycles. The van der Waals surface area contributed by atoms with Crippen LogP contribution in [-0.2, 0) is 0 Å². The molecule has 0 aliphatic heterocycles. The van der Waals surface area contributed by atoms with Crippen molar-refractivity contribution in [3.05, 3.63) is 0 Å². The third-order valence-electron chi connectivity index (χ3n) is 7.64. The van der Waals surface area contributed by atoms with Gasteiger partial charge in [0.1, 0.15) is 0 Å². The third kappa shape index (κ3) is 0.463. The predicted molar refractivity (Wildman–Crippen MR) is 55.6 cm³/mol. The van der Waals surface area contributed by atoms with E-state index in [-0.39, 0.29) is 0 Å². The van der Waals surface area contributed by atoms with Crippen molar-refractivity contribution >= 4 is 0 Å². The molecule has 14 heavy (non-hydrogen) atoms. The van der Waals surface area contributed by atoms with Crippen LogP contribution in [0.25, 0.3) is 0 Å². The highest BCUT2D eigenvalue weighted by molar-refractivity contribution is 5.29. The Bertz CT molecular complexity index is 346. The summed E-state index contributed by atoms with van der Waals surface area (Å²) in [5.41, 5.74) is 1.60. The number of rotatable bonds is 0. The molecule has 0 aromatic rings. The van der Waals surface area contributed by atoms with E-state index in [0.717, 1.165) is 10.8 Å². The Balaban J connectivity index is 1.75. The Kier molecular flexibility index (Phi) is 0.845. The van der Waals surface area contributed by atoms with Crippen molar-refractivity contribution < 1.29 is 0 Å². The van der Waals surface area contributed by atoms with Crippen molar-refractivity contribution in [3.8, 4) is 0 Å². The van der Waals surface area contributed by atoms with E-state index in [2.05, 4.69) is 13.8 Å². The topological polar surface area (TPSA) is 0 Å². The van der Waals surface area contributed by atoms with Gasteiger partial charge < -0.3 is 0 Å². The highest BCUT2D eigenvalue weighted by atomic mass is 14.9. The van der Waals surface area contributed by atoms with Gasteiger partial charge in [0.2, 0.25) is 0 Å². The summed E-state index contributed by atoms with van der Waals surface area (Å²) in [5.74, 6) is 7.08. The van der Waals surface area contributed by atoms with E-state index in [1.807, 2.05) is 0 Å². The zero-order chi connectivity index (χ0) is 9.29. The van der Waals surface area contributed by atoms with Crippen molar-refractivity contribution in [3.63, 3.8) is 0 Å². The third-order valence-corrected chi connectivity index (χ3v) is 7.64. The van der Waals surface area contributed by atoms with Crippen molar-refractivity contribution in [2.45, 2.75) is 39.5 Å². The second-order valence-corrected chi connectivity index (χ2v) is 7.52. The molecule has 0 heteroatoms. The Hall–Kier alpha value is 0. The van der Waals surface area contributed by atoms with Gasteiger partial charge in [-0.2, -0.15) is 0 Å². The molecule has 5 saturated carbocycles. The quantitative estimate of drug-likeness (QED) is 0.547. The fourth-order valence-electron chi connectivity index (χ4n) is 6.83. The van der Waals surface area contributed by atoms with Gasteiger partial charge in [0.25, 0.3) is 0 Å². The molecule has 0 saturated heterocycles. The molecule has 5 rings (SSSR count). The fourth-order valence-corrected chi connectivity index (χ4v) is 6.83. The van der Waals surface area contributed by atoms with Crippen LogP contribution < -0.4 is 0 Å². The van der Waals surface area contributed by atoms with Crippen molar-refractivity contribution in [1.29, 1.82) is 0 Å². The van der Waals surface area contributed by atoms with Crippen LogP contribution in [0.2, 0.25) is 0 Å². The summed E-state index contributed by atoms with van der Waals surface area (Å²) in [6, 6.07) is 0. The van der Waals surface area contributed by atoms with Crippen LogP contribution in [0, 0.1) is 46.3 Å². The molecule has 0 aromatic heterocycles. The van der Waals surface area contributed by atoms with Crippen LogP contribution in [0.3, 0.4) is 0 Å².